The smallest absolute Gasteiger partial charge is 0.341 e. The highest BCUT2D eigenvalue weighted by molar-refractivity contribution is 6.34. The number of carbonyl (C=O) groups is 1. The lowest BCUT2D eigenvalue weighted by molar-refractivity contribution is 0.0437. The molecule has 0 saturated heterocycles. The molecule has 0 unspecified atom stereocenters. The summed E-state index contributed by atoms with van der Waals surface area (Å²) in [6.45, 7) is -0.143. The molecule has 5 nitrogen and oxygen atoms in total. The van der Waals surface area contributed by atoms with Crippen LogP contribution in [0.2, 0.25) is 10.2 Å². The van der Waals surface area contributed by atoms with Crippen molar-refractivity contribution in [2.45, 2.75) is 6.61 Å². The molecule has 0 fully saturated rings. The van der Waals surface area contributed by atoms with Crippen molar-refractivity contribution in [2.75, 3.05) is 0 Å². The number of rotatable bonds is 4. The van der Waals surface area contributed by atoms with E-state index in [-0.39, 0.29) is 28.2 Å². The monoisotopic (exact) mass is 366 g/mol. The van der Waals surface area contributed by atoms with Gasteiger partial charge in [0.25, 0.3) is 0 Å². The van der Waals surface area contributed by atoms with Crippen LogP contribution in [0, 0.1) is 5.82 Å². The van der Waals surface area contributed by atoms with Gasteiger partial charge in [0.15, 0.2) is 12.4 Å². The van der Waals surface area contributed by atoms with Gasteiger partial charge in [0.1, 0.15) is 16.7 Å². The molecule has 24 heavy (non-hydrogen) atoms. The number of halogens is 3. The van der Waals surface area contributed by atoms with Crippen molar-refractivity contribution >= 4 is 29.2 Å². The van der Waals surface area contributed by atoms with Gasteiger partial charge in [-0.15, -0.1) is 0 Å². The summed E-state index contributed by atoms with van der Waals surface area (Å²) in [6, 6.07) is 8.73. The van der Waals surface area contributed by atoms with Crippen LogP contribution in [-0.4, -0.2) is 16.1 Å². The molecule has 2 aromatic heterocycles. The number of aromatic nitrogens is 2. The molecule has 0 atom stereocenters. The lowest BCUT2D eigenvalue weighted by Crippen LogP contribution is -2.06. The number of hydrogen-bond acceptors (Lipinski definition) is 5. The van der Waals surface area contributed by atoms with Crippen LogP contribution in [0.1, 0.15) is 16.1 Å². The maximum Gasteiger partial charge on any atom is 0.341 e. The second-order valence-corrected chi connectivity index (χ2v) is 5.55. The largest absolute Gasteiger partial charge is 0.454 e. The summed E-state index contributed by atoms with van der Waals surface area (Å²) in [7, 11) is 0. The van der Waals surface area contributed by atoms with Gasteiger partial charge >= 0.3 is 5.97 Å². The van der Waals surface area contributed by atoms with Crippen LogP contribution in [0.25, 0.3) is 11.3 Å². The standard InChI is InChI=1S/C16H9Cl2FN2O3/c17-10-5-13(15(18)20-7-10)16(22)23-8-12-6-14(21-24-12)9-1-3-11(19)4-2-9/h1-7H,8H2. The molecule has 0 amide bonds. The minimum Gasteiger partial charge on any atom is -0.454 e. The highest BCUT2D eigenvalue weighted by Gasteiger charge is 2.15. The molecular formula is C16H9Cl2FN2O3. The Hall–Kier alpha value is -2.44. The lowest BCUT2D eigenvalue weighted by atomic mass is 10.1. The summed E-state index contributed by atoms with van der Waals surface area (Å²) in [4.78, 5) is 15.8. The van der Waals surface area contributed by atoms with Crippen LogP contribution >= 0.6 is 23.2 Å². The van der Waals surface area contributed by atoms with E-state index in [1.807, 2.05) is 0 Å². The zero-order valence-corrected chi connectivity index (χ0v) is 13.5. The van der Waals surface area contributed by atoms with Crippen LogP contribution in [0.3, 0.4) is 0 Å². The minimum absolute atomic E-state index is 0.00558. The van der Waals surface area contributed by atoms with Crippen LogP contribution in [0.5, 0.6) is 0 Å². The second kappa shape index (κ2) is 6.98. The first-order valence-electron chi connectivity index (χ1n) is 6.72. The maximum absolute atomic E-state index is 12.9. The van der Waals surface area contributed by atoms with Gasteiger partial charge in [0.2, 0.25) is 0 Å². The number of esters is 1. The van der Waals surface area contributed by atoms with E-state index in [4.69, 9.17) is 32.5 Å². The SMILES string of the molecule is O=C(OCc1cc(-c2ccc(F)cc2)no1)c1cc(Cl)cnc1Cl. The predicted molar refractivity (Wildman–Crippen MR) is 85.3 cm³/mol. The molecule has 0 spiro atoms. The average Bonchev–Trinajstić information content (AvgIpc) is 3.04. The Morgan fingerprint density at radius 1 is 1.21 bits per heavy atom. The topological polar surface area (TPSA) is 65.2 Å². The van der Waals surface area contributed by atoms with E-state index >= 15 is 0 Å². The third-order valence-electron chi connectivity index (χ3n) is 3.07. The summed E-state index contributed by atoms with van der Waals surface area (Å²) in [6.07, 6.45) is 1.33. The molecule has 0 radical (unpaired) electrons. The highest BCUT2D eigenvalue weighted by atomic mass is 35.5. The first-order valence-corrected chi connectivity index (χ1v) is 7.48. The van der Waals surface area contributed by atoms with E-state index < -0.39 is 5.97 Å². The van der Waals surface area contributed by atoms with E-state index in [2.05, 4.69) is 10.1 Å². The van der Waals surface area contributed by atoms with Crippen molar-refractivity contribution in [3.63, 3.8) is 0 Å². The van der Waals surface area contributed by atoms with Crippen LogP contribution in [-0.2, 0) is 11.3 Å². The van der Waals surface area contributed by atoms with Gasteiger partial charge in [0, 0.05) is 17.8 Å². The molecule has 2 heterocycles. The molecular weight excluding hydrogens is 358 g/mol. The zero-order chi connectivity index (χ0) is 17.1. The minimum atomic E-state index is -0.685. The number of hydrogen-bond donors (Lipinski definition) is 0. The van der Waals surface area contributed by atoms with Crippen LogP contribution in [0.15, 0.2) is 47.1 Å². The molecule has 0 bridgehead atoms. The Bertz CT molecular complexity index is 881. The van der Waals surface area contributed by atoms with Crippen LogP contribution in [0.4, 0.5) is 4.39 Å². The Morgan fingerprint density at radius 3 is 2.71 bits per heavy atom. The molecule has 0 saturated carbocycles. The third kappa shape index (κ3) is 3.72. The van der Waals surface area contributed by atoms with Gasteiger partial charge in [-0.3, -0.25) is 0 Å². The highest BCUT2D eigenvalue weighted by Crippen LogP contribution is 2.21. The lowest BCUT2D eigenvalue weighted by Gasteiger charge is -2.04. The molecule has 122 valence electrons. The fourth-order valence-electron chi connectivity index (χ4n) is 1.92. The van der Waals surface area contributed by atoms with Gasteiger partial charge in [-0.05, 0) is 30.3 Å². The molecule has 0 aliphatic heterocycles. The number of carbonyl (C=O) groups excluding carboxylic acids is 1. The van der Waals surface area contributed by atoms with Crippen molar-refractivity contribution in [1.29, 1.82) is 0 Å². The molecule has 0 aliphatic rings. The molecule has 0 N–H and O–H groups in total. The average molecular weight is 367 g/mol. The summed E-state index contributed by atoms with van der Waals surface area (Å²) in [5.41, 5.74) is 1.24. The first-order chi connectivity index (χ1) is 11.5. The van der Waals surface area contributed by atoms with Gasteiger partial charge < -0.3 is 9.26 Å². The number of ether oxygens (including phenoxy) is 1. The molecule has 8 heteroatoms. The van der Waals surface area contributed by atoms with E-state index in [0.29, 0.717) is 17.0 Å². The van der Waals surface area contributed by atoms with Gasteiger partial charge in [-0.25, -0.2) is 14.2 Å². The summed E-state index contributed by atoms with van der Waals surface area (Å²) in [5.74, 6) is -0.702. The molecule has 0 aliphatic carbocycles. The molecule has 3 rings (SSSR count). The predicted octanol–water partition coefficient (Wildman–Crippen LogP) is 4.54. The van der Waals surface area contributed by atoms with Crippen molar-refractivity contribution in [3.8, 4) is 11.3 Å². The van der Waals surface area contributed by atoms with Crippen molar-refractivity contribution in [3.05, 3.63) is 69.9 Å². The summed E-state index contributed by atoms with van der Waals surface area (Å²) in [5, 5.41) is 4.11. The Balaban J connectivity index is 1.68. The van der Waals surface area contributed by atoms with Crippen molar-refractivity contribution < 1.29 is 18.4 Å². The fourth-order valence-corrected chi connectivity index (χ4v) is 2.26. The van der Waals surface area contributed by atoms with Gasteiger partial charge in [-0.2, -0.15) is 0 Å². The van der Waals surface area contributed by atoms with E-state index in [1.165, 1.54) is 24.4 Å². The second-order valence-electron chi connectivity index (χ2n) is 4.75. The number of nitrogens with zero attached hydrogens (tertiary/aromatic N) is 2. The zero-order valence-electron chi connectivity index (χ0n) is 12.0. The summed E-state index contributed by atoms with van der Waals surface area (Å²) >= 11 is 11.6. The molecule has 3 aromatic rings. The number of benzene rings is 1. The van der Waals surface area contributed by atoms with E-state index in [1.54, 1.807) is 18.2 Å². The Labute approximate surface area is 146 Å². The molecule has 1 aromatic carbocycles. The Morgan fingerprint density at radius 2 is 1.96 bits per heavy atom. The van der Waals surface area contributed by atoms with E-state index in [9.17, 15) is 9.18 Å². The van der Waals surface area contributed by atoms with Gasteiger partial charge in [-0.1, -0.05) is 28.4 Å². The van der Waals surface area contributed by atoms with Crippen molar-refractivity contribution in [2.24, 2.45) is 0 Å². The normalized spacial score (nSPS) is 10.6. The Kier molecular flexibility index (Phi) is 4.78. The van der Waals surface area contributed by atoms with E-state index in [0.717, 1.165) is 0 Å². The number of pyridine rings is 1. The maximum atomic E-state index is 12.9. The van der Waals surface area contributed by atoms with Gasteiger partial charge in [0.05, 0.1) is 10.6 Å². The van der Waals surface area contributed by atoms with Crippen LogP contribution < -0.4 is 0 Å². The fraction of sp³-hybridized carbons (Fsp3) is 0.0625. The third-order valence-corrected chi connectivity index (χ3v) is 3.58. The summed E-state index contributed by atoms with van der Waals surface area (Å²) < 4.78 is 23.1. The van der Waals surface area contributed by atoms with Crippen molar-refractivity contribution in [1.82, 2.24) is 10.1 Å². The quantitative estimate of drug-likeness (QED) is 0.500. The first kappa shape index (κ1) is 16.4.